The number of hydrogen-bond acceptors (Lipinski definition) is 5. The lowest BCUT2D eigenvalue weighted by atomic mass is 9.97. The highest BCUT2D eigenvalue weighted by Gasteiger charge is 2.32. The van der Waals surface area contributed by atoms with Crippen LogP contribution in [0.2, 0.25) is 0 Å². The minimum Gasteiger partial charge on any atom is -0.326 e. The molecular formula is C20H23FN2O5S2. The van der Waals surface area contributed by atoms with Gasteiger partial charge >= 0.3 is 0 Å². The molecule has 1 amide bonds. The Hall–Kier alpha value is -2.30. The van der Waals surface area contributed by atoms with Crippen LogP contribution in [0.1, 0.15) is 18.4 Å². The number of carbonyl (C=O) groups is 1. The van der Waals surface area contributed by atoms with Crippen molar-refractivity contribution in [3.8, 4) is 0 Å². The second-order valence-corrected chi connectivity index (χ2v) is 11.5. The summed E-state index contributed by atoms with van der Waals surface area (Å²) in [6.07, 6.45) is 1.87. The van der Waals surface area contributed by atoms with Crippen molar-refractivity contribution < 1.29 is 26.0 Å². The molecule has 1 N–H and O–H groups in total. The third-order valence-electron chi connectivity index (χ3n) is 4.93. The maximum Gasteiger partial charge on any atom is 0.243 e. The van der Waals surface area contributed by atoms with E-state index in [1.54, 1.807) is 0 Å². The van der Waals surface area contributed by atoms with Gasteiger partial charge in [-0.2, -0.15) is 4.31 Å². The van der Waals surface area contributed by atoms with Crippen molar-refractivity contribution in [2.75, 3.05) is 24.7 Å². The van der Waals surface area contributed by atoms with E-state index in [2.05, 4.69) is 5.32 Å². The fourth-order valence-corrected chi connectivity index (χ4v) is 5.61. The number of sulfone groups is 1. The van der Waals surface area contributed by atoms with Gasteiger partial charge in [-0.3, -0.25) is 4.79 Å². The number of carbonyl (C=O) groups excluding carboxylic acids is 1. The van der Waals surface area contributed by atoms with Gasteiger partial charge < -0.3 is 5.32 Å². The zero-order chi connectivity index (χ0) is 21.9. The van der Waals surface area contributed by atoms with E-state index in [-0.39, 0.29) is 35.6 Å². The molecule has 0 aromatic heterocycles. The number of piperidine rings is 1. The first-order valence-corrected chi connectivity index (χ1v) is 12.9. The predicted molar refractivity (Wildman–Crippen MR) is 112 cm³/mol. The molecule has 1 heterocycles. The number of hydrogen-bond donors (Lipinski definition) is 1. The molecule has 2 aromatic carbocycles. The van der Waals surface area contributed by atoms with Crippen LogP contribution in [0.3, 0.4) is 0 Å². The average molecular weight is 455 g/mol. The van der Waals surface area contributed by atoms with Crippen LogP contribution in [-0.2, 0) is 30.4 Å². The summed E-state index contributed by atoms with van der Waals surface area (Å²) in [5.74, 6) is -1.10. The van der Waals surface area contributed by atoms with Gasteiger partial charge in [0.05, 0.1) is 10.6 Å². The Morgan fingerprint density at radius 2 is 1.57 bits per heavy atom. The zero-order valence-corrected chi connectivity index (χ0v) is 18.0. The minimum atomic E-state index is -3.72. The van der Waals surface area contributed by atoms with Crippen LogP contribution in [0.4, 0.5) is 10.1 Å². The first kappa shape index (κ1) is 22.4. The molecule has 0 bridgehead atoms. The molecule has 1 aliphatic heterocycles. The van der Waals surface area contributed by atoms with Gasteiger partial charge in [-0.1, -0.05) is 12.1 Å². The summed E-state index contributed by atoms with van der Waals surface area (Å²) < 4.78 is 62.7. The third-order valence-corrected chi connectivity index (χ3v) is 7.70. The van der Waals surface area contributed by atoms with Gasteiger partial charge in [-0.25, -0.2) is 21.2 Å². The van der Waals surface area contributed by atoms with Crippen molar-refractivity contribution in [1.82, 2.24) is 4.31 Å². The van der Waals surface area contributed by atoms with Crippen molar-refractivity contribution >= 4 is 31.5 Å². The summed E-state index contributed by atoms with van der Waals surface area (Å²) >= 11 is 0. The molecule has 7 nitrogen and oxygen atoms in total. The summed E-state index contributed by atoms with van der Waals surface area (Å²) in [5.41, 5.74) is 1.01. The quantitative estimate of drug-likeness (QED) is 0.722. The summed E-state index contributed by atoms with van der Waals surface area (Å²) in [4.78, 5) is 12.5. The number of anilines is 1. The highest BCUT2D eigenvalue weighted by Crippen LogP contribution is 2.25. The number of halogens is 1. The number of nitrogens with one attached hydrogen (secondary N) is 1. The molecule has 0 aliphatic carbocycles. The zero-order valence-electron chi connectivity index (χ0n) is 16.4. The molecule has 162 valence electrons. The highest BCUT2D eigenvalue weighted by atomic mass is 32.2. The van der Waals surface area contributed by atoms with Crippen LogP contribution in [0, 0.1) is 11.7 Å². The topological polar surface area (TPSA) is 101 Å². The molecule has 0 unspecified atom stereocenters. The van der Waals surface area contributed by atoms with Crippen molar-refractivity contribution in [3.63, 3.8) is 0 Å². The van der Waals surface area contributed by atoms with Crippen molar-refractivity contribution in [1.29, 1.82) is 0 Å². The van der Waals surface area contributed by atoms with Gasteiger partial charge in [0, 0.05) is 31.0 Å². The molecule has 10 heteroatoms. The van der Waals surface area contributed by atoms with Crippen LogP contribution < -0.4 is 5.32 Å². The first-order valence-electron chi connectivity index (χ1n) is 9.38. The van der Waals surface area contributed by atoms with E-state index in [1.165, 1.54) is 52.8 Å². The number of amides is 1. The van der Waals surface area contributed by atoms with Gasteiger partial charge in [0.2, 0.25) is 15.9 Å². The second-order valence-electron chi connectivity index (χ2n) is 7.39. The molecule has 0 saturated carbocycles. The van der Waals surface area contributed by atoms with Crippen LogP contribution in [-0.4, -0.2) is 46.4 Å². The van der Waals surface area contributed by atoms with E-state index in [0.29, 0.717) is 24.1 Å². The fourth-order valence-electron chi connectivity index (χ4n) is 3.35. The lowest BCUT2D eigenvalue weighted by Crippen LogP contribution is -2.41. The SMILES string of the molecule is CS(=O)(=O)Cc1ccc(S(=O)(=O)N2CCC(C(=O)Nc3ccc(F)cc3)CC2)cc1. The maximum atomic E-state index is 13.0. The van der Waals surface area contributed by atoms with E-state index >= 15 is 0 Å². The maximum absolute atomic E-state index is 13.0. The van der Waals surface area contributed by atoms with E-state index < -0.39 is 25.7 Å². The Balaban J connectivity index is 1.60. The van der Waals surface area contributed by atoms with Gasteiger partial charge in [-0.15, -0.1) is 0 Å². The van der Waals surface area contributed by atoms with E-state index in [0.717, 1.165) is 6.26 Å². The smallest absolute Gasteiger partial charge is 0.243 e. The van der Waals surface area contributed by atoms with Gasteiger partial charge in [0.1, 0.15) is 5.82 Å². The molecular weight excluding hydrogens is 431 g/mol. The molecule has 1 saturated heterocycles. The van der Waals surface area contributed by atoms with Gasteiger partial charge in [-0.05, 0) is 54.8 Å². The number of benzene rings is 2. The number of sulfonamides is 1. The summed E-state index contributed by atoms with van der Waals surface area (Å²) in [6.45, 7) is 0.407. The molecule has 1 aliphatic rings. The van der Waals surface area contributed by atoms with E-state index in [4.69, 9.17) is 0 Å². The van der Waals surface area contributed by atoms with E-state index in [1.807, 2.05) is 0 Å². The molecule has 0 atom stereocenters. The van der Waals surface area contributed by atoms with Crippen molar-refractivity contribution in [2.24, 2.45) is 5.92 Å². The van der Waals surface area contributed by atoms with Crippen molar-refractivity contribution in [2.45, 2.75) is 23.5 Å². The monoisotopic (exact) mass is 454 g/mol. The molecule has 1 fully saturated rings. The first-order chi connectivity index (χ1) is 14.0. The Morgan fingerprint density at radius 3 is 2.10 bits per heavy atom. The standard InChI is InChI=1S/C20H23FN2O5S2/c1-29(25,26)14-15-2-8-19(9-3-15)30(27,28)23-12-10-16(11-13-23)20(24)22-18-6-4-17(21)5-7-18/h2-9,16H,10-14H2,1H3,(H,22,24). The van der Waals surface area contributed by atoms with Crippen molar-refractivity contribution in [3.05, 3.63) is 59.9 Å². The predicted octanol–water partition coefficient (Wildman–Crippen LogP) is 2.41. The Labute approximate surface area is 175 Å². The molecule has 3 rings (SSSR count). The largest absolute Gasteiger partial charge is 0.326 e. The van der Waals surface area contributed by atoms with Crippen LogP contribution in [0.25, 0.3) is 0 Å². The van der Waals surface area contributed by atoms with Gasteiger partial charge in [0.15, 0.2) is 9.84 Å². The average Bonchev–Trinajstić information content (AvgIpc) is 2.69. The number of nitrogens with zero attached hydrogens (tertiary/aromatic N) is 1. The van der Waals surface area contributed by atoms with Gasteiger partial charge in [0.25, 0.3) is 0 Å². The lowest BCUT2D eigenvalue weighted by molar-refractivity contribution is -0.120. The van der Waals surface area contributed by atoms with Crippen LogP contribution >= 0.6 is 0 Å². The normalized spacial score (nSPS) is 16.3. The Bertz CT molecular complexity index is 1110. The summed E-state index contributed by atoms with van der Waals surface area (Å²) in [5, 5.41) is 2.73. The summed E-state index contributed by atoms with van der Waals surface area (Å²) in [6, 6.07) is 11.3. The fraction of sp³-hybridized carbons (Fsp3) is 0.350. The lowest BCUT2D eigenvalue weighted by Gasteiger charge is -2.30. The molecule has 2 aromatic rings. The Morgan fingerprint density at radius 1 is 1.00 bits per heavy atom. The molecule has 30 heavy (non-hydrogen) atoms. The van der Waals surface area contributed by atoms with E-state index in [9.17, 15) is 26.0 Å². The Kier molecular flexibility index (Phi) is 6.59. The molecule has 0 radical (unpaired) electrons. The highest BCUT2D eigenvalue weighted by molar-refractivity contribution is 7.90. The minimum absolute atomic E-state index is 0.0916. The third kappa shape index (κ3) is 5.65. The number of rotatable bonds is 6. The van der Waals surface area contributed by atoms with Crippen LogP contribution in [0.15, 0.2) is 53.4 Å². The van der Waals surface area contributed by atoms with Crippen LogP contribution in [0.5, 0.6) is 0 Å². The molecule has 0 spiro atoms. The summed E-state index contributed by atoms with van der Waals surface area (Å²) in [7, 11) is -6.93. The second kappa shape index (κ2) is 8.83.